The molecule has 1 aliphatic carbocycles. The number of rotatable bonds is 7. The summed E-state index contributed by atoms with van der Waals surface area (Å²) in [6.45, 7) is 1.75. The van der Waals surface area contributed by atoms with E-state index in [4.69, 9.17) is 0 Å². The fourth-order valence-electron chi connectivity index (χ4n) is 3.76. The first-order valence-electron chi connectivity index (χ1n) is 9.89. The quantitative estimate of drug-likeness (QED) is 0.767. The zero-order valence-corrected chi connectivity index (χ0v) is 17.1. The first-order chi connectivity index (χ1) is 13.5. The second-order valence-electron chi connectivity index (χ2n) is 7.36. The van der Waals surface area contributed by atoms with Crippen molar-refractivity contribution in [3.63, 3.8) is 0 Å². The molecule has 150 valence electrons. The molecule has 0 unspecified atom stereocenters. The SMILES string of the molecule is C[C@H](NC(=O)CN(C1CCCCC1)S(=O)(=O)c1ccccc1)c1ccccc1. The van der Waals surface area contributed by atoms with Gasteiger partial charge in [0.2, 0.25) is 15.9 Å². The third kappa shape index (κ3) is 5.00. The number of nitrogens with zero attached hydrogens (tertiary/aromatic N) is 1. The Kier molecular flexibility index (Phi) is 6.86. The monoisotopic (exact) mass is 400 g/mol. The topological polar surface area (TPSA) is 66.5 Å². The molecule has 1 amide bonds. The first kappa shape index (κ1) is 20.6. The highest BCUT2D eigenvalue weighted by molar-refractivity contribution is 7.89. The van der Waals surface area contributed by atoms with E-state index in [9.17, 15) is 13.2 Å². The molecule has 1 N–H and O–H groups in total. The third-order valence-corrected chi connectivity index (χ3v) is 7.22. The van der Waals surface area contributed by atoms with Crippen LogP contribution in [0, 0.1) is 0 Å². The van der Waals surface area contributed by atoms with Crippen molar-refractivity contribution in [2.45, 2.75) is 56.0 Å². The molecule has 0 bridgehead atoms. The summed E-state index contributed by atoms with van der Waals surface area (Å²) in [4.78, 5) is 13.0. The molecule has 6 heteroatoms. The van der Waals surface area contributed by atoms with Crippen LogP contribution in [0.1, 0.15) is 50.6 Å². The molecule has 28 heavy (non-hydrogen) atoms. The Labute approximate surface area is 167 Å². The van der Waals surface area contributed by atoms with Crippen molar-refractivity contribution in [1.82, 2.24) is 9.62 Å². The van der Waals surface area contributed by atoms with Crippen LogP contribution < -0.4 is 5.32 Å². The Morgan fingerprint density at radius 2 is 1.57 bits per heavy atom. The number of carbonyl (C=O) groups excluding carboxylic acids is 1. The van der Waals surface area contributed by atoms with Crippen LogP contribution in [0.3, 0.4) is 0 Å². The molecule has 1 fully saturated rings. The highest BCUT2D eigenvalue weighted by Crippen LogP contribution is 2.27. The maximum Gasteiger partial charge on any atom is 0.243 e. The smallest absolute Gasteiger partial charge is 0.243 e. The molecule has 0 radical (unpaired) electrons. The van der Waals surface area contributed by atoms with Gasteiger partial charge in [-0.25, -0.2) is 8.42 Å². The number of sulfonamides is 1. The second-order valence-corrected chi connectivity index (χ2v) is 9.25. The zero-order chi connectivity index (χ0) is 20.0. The Morgan fingerprint density at radius 1 is 1.00 bits per heavy atom. The molecule has 0 spiro atoms. The lowest BCUT2D eigenvalue weighted by Gasteiger charge is -2.33. The van der Waals surface area contributed by atoms with Gasteiger partial charge in [-0.05, 0) is 37.5 Å². The van der Waals surface area contributed by atoms with Gasteiger partial charge in [-0.1, -0.05) is 67.8 Å². The molecular formula is C22H28N2O3S. The van der Waals surface area contributed by atoms with Crippen LogP contribution in [-0.2, 0) is 14.8 Å². The van der Waals surface area contributed by atoms with Gasteiger partial charge in [0.05, 0.1) is 17.5 Å². The van der Waals surface area contributed by atoms with E-state index in [-0.39, 0.29) is 29.4 Å². The van der Waals surface area contributed by atoms with Gasteiger partial charge in [0.15, 0.2) is 0 Å². The van der Waals surface area contributed by atoms with Crippen LogP contribution in [0.15, 0.2) is 65.6 Å². The van der Waals surface area contributed by atoms with E-state index in [0.717, 1.165) is 37.7 Å². The van der Waals surface area contributed by atoms with E-state index in [1.807, 2.05) is 37.3 Å². The summed E-state index contributed by atoms with van der Waals surface area (Å²) in [5, 5.41) is 2.94. The normalized spacial score (nSPS) is 16.6. The van der Waals surface area contributed by atoms with Crippen molar-refractivity contribution in [1.29, 1.82) is 0 Å². The molecular weight excluding hydrogens is 372 g/mol. The minimum absolute atomic E-state index is 0.128. The Hall–Kier alpha value is -2.18. The van der Waals surface area contributed by atoms with Crippen LogP contribution in [0.2, 0.25) is 0 Å². The van der Waals surface area contributed by atoms with E-state index >= 15 is 0 Å². The van der Waals surface area contributed by atoms with E-state index in [1.54, 1.807) is 30.3 Å². The maximum atomic E-state index is 13.3. The molecule has 1 aliphatic rings. The summed E-state index contributed by atoms with van der Waals surface area (Å²) >= 11 is 0. The molecule has 1 atom stereocenters. The van der Waals surface area contributed by atoms with Crippen molar-refractivity contribution in [3.8, 4) is 0 Å². The van der Waals surface area contributed by atoms with Gasteiger partial charge < -0.3 is 5.32 Å². The average Bonchev–Trinajstić information content (AvgIpc) is 2.74. The summed E-state index contributed by atoms with van der Waals surface area (Å²) in [6, 6.07) is 17.8. The molecule has 2 aromatic carbocycles. The fraction of sp³-hybridized carbons (Fsp3) is 0.409. The Morgan fingerprint density at radius 3 is 2.18 bits per heavy atom. The van der Waals surface area contributed by atoms with Crippen molar-refractivity contribution in [2.75, 3.05) is 6.54 Å². The van der Waals surface area contributed by atoms with Gasteiger partial charge in [-0.15, -0.1) is 0 Å². The van der Waals surface area contributed by atoms with Gasteiger partial charge in [0, 0.05) is 6.04 Å². The molecule has 0 heterocycles. The van der Waals surface area contributed by atoms with E-state index < -0.39 is 10.0 Å². The molecule has 0 aromatic heterocycles. The van der Waals surface area contributed by atoms with Crippen molar-refractivity contribution >= 4 is 15.9 Å². The zero-order valence-electron chi connectivity index (χ0n) is 16.3. The number of hydrogen-bond donors (Lipinski definition) is 1. The minimum atomic E-state index is -3.72. The van der Waals surface area contributed by atoms with Crippen molar-refractivity contribution in [3.05, 3.63) is 66.2 Å². The average molecular weight is 401 g/mol. The predicted octanol–water partition coefficient (Wildman–Crippen LogP) is 3.89. The third-order valence-electron chi connectivity index (χ3n) is 5.31. The lowest BCUT2D eigenvalue weighted by Crippen LogP contribution is -2.47. The number of carbonyl (C=O) groups is 1. The molecule has 2 aromatic rings. The Balaban J connectivity index is 1.78. The highest BCUT2D eigenvalue weighted by atomic mass is 32.2. The number of hydrogen-bond acceptors (Lipinski definition) is 3. The van der Waals surface area contributed by atoms with Gasteiger partial charge >= 0.3 is 0 Å². The molecule has 3 rings (SSSR count). The van der Waals surface area contributed by atoms with Crippen LogP contribution in [0.5, 0.6) is 0 Å². The largest absolute Gasteiger partial charge is 0.348 e. The van der Waals surface area contributed by atoms with Crippen LogP contribution in [-0.4, -0.2) is 31.2 Å². The van der Waals surface area contributed by atoms with Gasteiger partial charge in [-0.2, -0.15) is 4.31 Å². The van der Waals surface area contributed by atoms with Crippen LogP contribution in [0.4, 0.5) is 0 Å². The summed E-state index contributed by atoms with van der Waals surface area (Å²) in [5.41, 5.74) is 0.992. The van der Waals surface area contributed by atoms with Gasteiger partial charge in [-0.3, -0.25) is 4.79 Å². The predicted molar refractivity (Wildman–Crippen MR) is 110 cm³/mol. The minimum Gasteiger partial charge on any atom is -0.348 e. The highest BCUT2D eigenvalue weighted by Gasteiger charge is 2.34. The molecule has 1 saturated carbocycles. The number of nitrogens with one attached hydrogen (secondary N) is 1. The summed E-state index contributed by atoms with van der Waals surface area (Å²) in [7, 11) is -3.72. The van der Waals surface area contributed by atoms with Crippen LogP contribution >= 0.6 is 0 Å². The molecule has 0 saturated heterocycles. The number of amides is 1. The maximum absolute atomic E-state index is 13.3. The van der Waals surface area contributed by atoms with Gasteiger partial charge in [0.1, 0.15) is 0 Å². The summed E-state index contributed by atoms with van der Waals surface area (Å²) < 4.78 is 27.9. The molecule has 0 aliphatic heterocycles. The lowest BCUT2D eigenvalue weighted by molar-refractivity contribution is -0.122. The molecule has 5 nitrogen and oxygen atoms in total. The number of benzene rings is 2. The van der Waals surface area contributed by atoms with Crippen molar-refractivity contribution in [2.24, 2.45) is 0 Å². The summed E-state index contributed by atoms with van der Waals surface area (Å²) in [5.74, 6) is -0.276. The lowest BCUT2D eigenvalue weighted by atomic mass is 9.95. The standard InChI is InChI=1S/C22H28N2O3S/c1-18(19-11-5-2-6-12-19)23-22(25)17-24(20-13-7-3-8-14-20)28(26,27)21-15-9-4-10-16-21/h2,4-6,9-12,15-16,18,20H,3,7-8,13-14,17H2,1H3,(H,23,25)/t18-/m0/s1. The van der Waals surface area contributed by atoms with E-state index in [1.165, 1.54) is 4.31 Å². The first-order valence-corrected chi connectivity index (χ1v) is 11.3. The van der Waals surface area contributed by atoms with E-state index in [0.29, 0.717) is 0 Å². The van der Waals surface area contributed by atoms with Gasteiger partial charge in [0.25, 0.3) is 0 Å². The second kappa shape index (κ2) is 9.34. The van der Waals surface area contributed by atoms with Crippen LogP contribution in [0.25, 0.3) is 0 Å². The van der Waals surface area contributed by atoms with E-state index in [2.05, 4.69) is 5.32 Å². The summed E-state index contributed by atoms with van der Waals surface area (Å²) in [6.07, 6.45) is 4.70. The van der Waals surface area contributed by atoms with Crippen molar-refractivity contribution < 1.29 is 13.2 Å². The Bertz CT molecular complexity index is 863. The fourth-order valence-corrected chi connectivity index (χ4v) is 5.42.